The molecule has 29 heavy (non-hydrogen) atoms. The van der Waals surface area contributed by atoms with E-state index in [9.17, 15) is 13.2 Å². The van der Waals surface area contributed by atoms with Crippen LogP contribution in [-0.4, -0.2) is 37.2 Å². The average molecular weight is 435 g/mol. The summed E-state index contributed by atoms with van der Waals surface area (Å²) < 4.78 is 32.1. The highest BCUT2D eigenvalue weighted by molar-refractivity contribution is 7.92. The summed E-state index contributed by atoms with van der Waals surface area (Å²) in [4.78, 5) is 17.0. The minimum atomic E-state index is -3.47. The van der Waals surface area contributed by atoms with Crippen molar-refractivity contribution in [3.8, 4) is 11.6 Å². The van der Waals surface area contributed by atoms with Crippen LogP contribution in [0.15, 0.2) is 48.8 Å². The van der Waals surface area contributed by atoms with Gasteiger partial charge in [0.05, 0.1) is 30.8 Å². The molecular weight excluding hydrogens is 416 g/mol. The minimum Gasteiger partial charge on any atom is -0.495 e. The van der Waals surface area contributed by atoms with E-state index in [0.717, 1.165) is 11.9 Å². The molecule has 2 heterocycles. The van der Waals surface area contributed by atoms with Crippen molar-refractivity contribution in [2.75, 3.05) is 23.4 Å². The number of hydrogen-bond donors (Lipinski definition) is 2. The number of rotatable bonds is 6. The third-order valence-corrected chi connectivity index (χ3v) is 4.76. The Hall–Kier alpha value is -3.04. The number of nitrogens with zero attached hydrogens (tertiary/aromatic N) is 2. The maximum atomic E-state index is 12.7. The maximum absolute atomic E-state index is 12.7. The predicted octanol–water partition coefficient (Wildman–Crippen LogP) is 3.47. The fourth-order valence-corrected chi connectivity index (χ4v) is 3.50. The van der Waals surface area contributed by atoms with Crippen LogP contribution in [0.4, 0.5) is 11.4 Å². The summed E-state index contributed by atoms with van der Waals surface area (Å²) in [5.41, 5.74) is 1.85. The van der Waals surface area contributed by atoms with E-state index in [-0.39, 0.29) is 16.6 Å². The molecule has 0 saturated heterocycles. The van der Waals surface area contributed by atoms with E-state index in [1.54, 1.807) is 42.3 Å². The van der Waals surface area contributed by atoms with Crippen LogP contribution >= 0.6 is 11.6 Å². The summed E-state index contributed by atoms with van der Waals surface area (Å²) in [7, 11) is -1.91. The molecule has 0 aliphatic heterocycles. The first-order chi connectivity index (χ1) is 13.6. The van der Waals surface area contributed by atoms with E-state index in [4.69, 9.17) is 16.3 Å². The molecule has 1 amide bonds. The number of aromatic nitrogens is 2. The minimum absolute atomic E-state index is 0.256. The largest absolute Gasteiger partial charge is 0.495 e. The molecule has 3 aromatic rings. The Kier molecular flexibility index (Phi) is 5.81. The zero-order chi connectivity index (χ0) is 21.2. The van der Waals surface area contributed by atoms with Gasteiger partial charge in [-0.2, -0.15) is 0 Å². The van der Waals surface area contributed by atoms with Crippen LogP contribution in [0.3, 0.4) is 0 Å². The first-order valence-electron chi connectivity index (χ1n) is 8.44. The summed E-state index contributed by atoms with van der Waals surface area (Å²) >= 11 is 6.03. The molecule has 0 unspecified atom stereocenters. The van der Waals surface area contributed by atoms with Gasteiger partial charge in [-0.3, -0.25) is 9.52 Å². The van der Waals surface area contributed by atoms with Crippen molar-refractivity contribution in [2.45, 2.75) is 6.92 Å². The van der Waals surface area contributed by atoms with Crippen LogP contribution in [0.5, 0.6) is 5.75 Å². The zero-order valence-electron chi connectivity index (χ0n) is 15.9. The first-order valence-corrected chi connectivity index (χ1v) is 10.7. The zero-order valence-corrected chi connectivity index (χ0v) is 17.5. The summed E-state index contributed by atoms with van der Waals surface area (Å²) in [6, 6.07) is 9.76. The van der Waals surface area contributed by atoms with Crippen LogP contribution in [0.25, 0.3) is 5.82 Å². The van der Waals surface area contributed by atoms with Gasteiger partial charge in [0.25, 0.3) is 5.91 Å². The van der Waals surface area contributed by atoms with Crippen molar-refractivity contribution < 1.29 is 17.9 Å². The SMILES string of the molecule is COc1ccc(-n2cc(C(=O)Nc3cc(Cl)cc(NS(C)(=O)=O)c3)cc2C)nc1. The second-order valence-corrected chi connectivity index (χ2v) is 8.54. The molecule has 0 aliphatic carbocycles. The quantitative estimate of drug-likeness (QED) is 0.618. The van der Waals surface area contributed by atoms with Crippen molar-refractivity contribution in [2.24, 2.45) is 0 Å². The predicted molar refractivity (Wildman–Crippen MR) is 113 cm³/mol. The van der Waals surface area contributed by atoms with Gasteiger partial charge in [-0.05, 0) is 43.3 Å². The summed E-state index contributed by atoms with van der Waals surface area (Å²) in [5.74, 6) is 0.911. The lowest BCUT2D eigenvalue weighted by atomic mass is 10.2. The van der Waals surface area contributed by atoms with E-state index in [2.05, 4.69) is 15.0 Å². The molecule has 10 heteroatoms. The van der Waals surface area contributed by atoms with E-state index < -0.39 is 10.0 Å². The van der Waals surface area contributed by atoms with Crippen molar-refractivity contribution in [1.29, 1.82) is 0 Å². The number of amides is 1. The molecule has 2 aromatic heterocycles. The monoisotopic (exact) mass is 434 g/mol. The van der Waals surface area contributed by atoms with Gasteiger partial charge in [-0.25, -0.2) is 13.4 Å². The third kappa shape index (κ3) is 5.27. The fraction of sp³-hybridized carbons (Fsp3) is 0.158. The van der Waals surface area contributed by atoms with E-state index in [0.29, 0.717) is 22.8 Å². The molecular formula is C19H19ClN4O4S. The molecule has 0 spiro atoms. The Morgan fingerprint density at radius 2 is 1.90 bits per heavy atom. The number of sulfonamides is 1. The lowest BCUT2D eigenvalue weighted by Gasteiger charge is -2.09. The third-order valence-electron chi connectivity index (χ3n) is 3.94. The van der Waals surface area contributed by atoms with Gasteiger partial charge in [-0.15, -0.1) is 0 Å². The van der Waals surface area contributed by atoms with Crippen LogP contribution in [0.1, 0.15) is 16.1 Å². The number of nitrogens with one attached hydrogen (secondary N) is 2. The number of benzene rings is 1. The van der Waals surface area contributed by atoms with Crippen molar-refractivity contribution in [1.82, 2.24) is 9.55 Å². The van der Waals surface area contributed by atoms with Crippen LogP contribution in [0.2, 0.25) is 5.02 Å². The lowest BCUT2D eigenvalue weighted by molar-refractivity contribution is 0.102. The number of pyridine rings is 1. The van der Waals surface area contributed by atoms with Gasteiger partial charge in [-0.1, -0.05) is 11.6 Å². The van der Waals surface area contributed by atoms with Gasteiger partial charge in [0.2, 0.25) is 10.0 Å². The molecule has 0 saturated carbocycles. The molecule has 0 bridgehead atoms. The molecule has 3 rings (SSSR count). The lowest BCUT2D eigenvalue weighted by Crippen LogP contribution is -2.13. The Morgan fingerprint density at radius 3 is 2.52 bits per heavy atom. The second-order valence-electron chi connectivity index (χ2n) is 6.35. The van der Waals surface area contributed by atoms with Crippen LogP contribution in [0, 0.1) is 6.92 Å². The highest BCUT2D eigenvalue weighted by atomic mass is 35.5. The Balaban J connectivity index is 1.83. The highest BCUT2D eigenvalue weighted by Crippen LogP contribution is 2.24. The van der Waals surface area contributed by atoms with Gasteiger partial charge in [0.15, 0.2) is 0 Å². The summed E-state index contributed by atoms with van der Waals surface area (Å²) in [6.45, 7) is 1.86. The van der Waals surface area contributed by atoms with E-state index in [1.165, 1.54) is 18.2 Å². The van der Waals surface area contributed by atoms with Gasteiger partial charge in [0.1, 0.15) is 11.6 Å². The normalized spacial score (nSPS) is 11.2. The van der Waals surface area contributed by atoms with Crippen molar-refractivity contribution in [3.05, 3.63) is 65.1 Å². The Morgan fingerprint density at radius 1 is 1.17 bits per heavy atom. The molecule has 0 radical (unpaired) electrons. The van der Waals surface area contributed by atoms with E-state index >= 15 is 0 Å². The number of carbonyl (C=O) groups excluding carboxylic acids is 1. The number of halogens is 1. The van der Waals surface area contributed by atoms with Gasteiger partial charge < -0.3 is 14.6 Å². The standard InChI is InChI=1S/C19H19ClN4O4S/c1-12-6-13(11-24(12)18-5-4-17(28-2)10-21-18)19(25)22-15-7-14(20)8-16(9-15)23-29(3,26)27/h4-11,23H,1-3H3,(H,22,25). The first kappa shape index (κ1) is 20.7. The molecule has 2 N–H and O–H groups in total. The molecule has 0 fully saturated rings. The fourth-order valence-electron chi connectivity index (χ4n) is 2.72. The number of aryl methyl sites for hydroxylation is 1. The maximum Gasteiger partial charge on any atom is 0.257 e. The van der Waals surface area contributed by atoms with Crippen molar-refractivity contribution in [3.63, 3.8) is 0 Å². The van der Waals surface area contributed by atoms with Gasteiger partial charge >= 0.3 is 0 Å². The van der Waals surface area contributed by atoms with Crippen LogP contribution in [-0.2, 0) is 10.0 Å². The van der Waals surface area contributed by atoms with E-state index in [1.807, 2.05) is 6.92 Å². The molecule has 0 aliphatic rings. The highest BCUT2D eigenvalue weighted by Gasteiger charge is 2.13. The van der Waals surface area contributed by atoms with Crippen molar-refractivity contribution >= 4 is 38.9 Å². The average Bonchev–Trinajstić information content (AvgIpc) is 3.01. The Bertz CT molecular complexity index is 1160. The molecule has 1 aromatic carbocycles. The van der Waals surface area contributed by atoms with Gasteiger partial charge in [0, 0.05) is 22.6 Å². The summed E-state index contributed by atoms with van der Waals surface area (Å²) in [5, 5.41) is 3.01. The Labute approximate surface area is 173 Å². The smallest absolute Gasteiger partial charge is 0.257 e. The number of ether oxygens (including phenoxy) is 1. The molecule has 152 valence electrons. The number of carbonyl (C=O) groups is 1. The molecule has 0 atom stereocenters. The topological polar surface area (TPSA) is 102 Å². The summed E-state index contributed by atoms with van der Waals surface area (Å²) in [6.07, 6.45) is 4.29. The second kappa shape index (κ2) is 8.14. The number of hydrogen-bond acceptors (Lipinski definition) is 5. The number of methoxy groups -OCH3 is 1. The molecule has 8 nitrogen and oxygen atoms in total. The number of anilines is 2. The van der Waals surface area contributed by atoms with Crippen LogP contribution < -0.4 is 14.8 Å².